The Labute approximate surface area is 228 Å². The van der Waals surface area contributed by atoms with Gasteiger partial charge in [0.15, 0.2) is 9.84 Å². The van der Waals surface area contributed by atoms with E-state index < -0.39 is 50.5 Å². The van der Waals surface area contributed by atoms with Gasteiger partial charge in [-0.25, -0.2) is 17.8 Å². The molecule has 4 rings (SSSR count). The maximum atomic E-state index is 14.3. The highest BCUT2D eigenvalue weighted by Gasteiger charge is 2.73. The molecule has 0 atom stereocenters. The van der Waals surface area contributed by atoms with Gasteiger partial charge in [0.25, 0.3) is 5.60 Å². The van der Waals surface area contributed by atoms with Gasteiger partial charge in [-0.2, -0.15) is 26.3 Å². The predicted octanol–water partition coefficient (Wildman–Crippen LogP) is 7.76. The Hall–Kier alpha value is -2.51. The lowest BCUT2D eigenvalue weighted by Gasteiger charge is -2.38. The molecule has 0 saturated heterocycles. The molecule has 1 saturated carbocycles. The van der Waals surface area contributed by atoms with Crippen LogP contribution in [0.25, 0.3) is 0 Å². The van der Waals surface area contributed by atoms with Crippen LogP contribution >= 0.6 is 15.9 Å². The lowest BCUT2D eigenvalue weighted by atomic mass is 9.88. The van der Waals surface area contributed by atoms with Crippen LogP contribution in [0.4, 0.5) is 30.7 Å². The molecule has 13 heteroatoms. The minimum Gasteiger partial charge on any atom is -0.349 e. The average molecular weight is 640 g/mol. The van der Waals surface area contributed by atoms with E-state index in [1.165, 1.54) is 18.3 Å². The van der Waals surface area contributed by atoms with E-state index in [1.54, 1.807) is 0 Å². The van der Waals surface area contributed by atoms with Gasteiger partial charge < -0.3 is 4.74 Å². The van der Waals surface area contributed by atoms with Gasteiger partial charge in [0.1, 0.15) is 15.2 Å². The van der Waals surface area contributed by atoms with E-state index >= 15 is 0 Å². The number of hydrogen-bond acceptors (Lipinski definition) is 4. The minimum atomic E-state index is -5.92. The minimum absolute atomic E-state index is 0.0211. The number of aromatic nitrogens is 1. The van der Waals surface area contributed by atoms with Gasteiger partial charge in [0.2, 0.25) is 0 Å². The highest BCUT2D eigenvalue weighted by atomic mass is 79.9. The summed E-state index contributed by atoms with van der Waals surface area (Å²) in [6.45, 7) is -1.07. The first-order valence-electron chi connectivity index (χ1n) is 11.6. The molecule has 210 valence electrons. The number of alkyl halides is 6. The number of halogens is 8. The Morgan fingerprint density at radius 1 is 0.872 bits per heavy atom. The Balaban J connectivity index is 1.80. The molecule has 1 fully saturated rings. The summed E-state index contributed by atoms with van der Waals surface area (Å²) in [5, 5.41) is 0. The maximum Gasteiger partial charge on any atom is 0.430 e. The van der Waals surface area contributed by atoms with Crippen molar-refractivity contribution in [1.29, 1.82) is 0 Å². The zero-order valence-electron chi connectivity index (χ0n) is 20.0. The third-order valence-electron chi connectivity index (χ3n) is 6.95. The van der Waals surface area contributed by atoms with Crippen LogP contribution in [0.1, 0.15) is 42.4 Å². The van der Waals surface area contributed by atoms with Gasteiger partial charge >= 0.3 is 12.4 Å². The molecular weight excluding hydrogens is 619 g/mol. The van der Waals surface area contributed by atoms with Crippen molar-refractivity contribution in [2.45, 2.75) is 59.9 Å². The Bertz CT molecular complexity index is 1400. The highest BCUT2D eigenvalue weighted by molar-refractivity contribution is 9.10. The van der Waals surface area contributed by atoms with Crippen molar-refractivity contribution in [2.75, 3.05) is 0 Å². The van der Waals surface area contributed by atoms with Crippen LogP contribution in [0.15, 0.2) is 76.4 Å². The van der Waals surface area contributed by atoms with Crippen molar-refractivity contribution in [1.82, 2.24) is 4.98 Å². The summed E-state index contributed by atoms with van der Waals surface area (Å²) in [6, 6.07) is 9.86. The molecule has 0 amide bonds. The summed E-state index contributed by atoms with van der Waals surface area (Å²) in [5.74, 6) is -0.660. The zero-order chi connectivity index (χ0) is 28.7. The molecule has 2 aromatic carbocycles. The van der Waals surface area contributed by atoms with Gasteiger partial charge in [-0.3, -0.25) is 0 Å². The monoisotopic (exact) mass is 639 g/mol. The van der Waals surface area contributed by atoms with E-state index in [4.69, 9.17) is 0 Å². The molecule has 0 unspecified atom stereocenters. The Morgan fingerprint density at radius 2 is 1.44 bits per heavy atom. The van der Waals surface area contributed by atoms with Crippen molar-refractivity contribution in [3.8, 4) is 0 Å². The van der Waals surface area contributed by atoms with E-state index in [0.29, 0.717) is 25.0 Å². The fraction of sp³-hybridized carbons (Fsp3) is 0.346. The molecular formula is C26H21BrF7NO3S. The number of ether oxygens (including phenoxy) is 1. The molecule has 0 N–H and O–H groups in total. The Morgan fingerprint density at radius 3 is 1.95 bits per heavy atom. The molecule has 3 aromatic rings. The third-order valence-corrected chi connectivity index (χ3v) is 10.2. The summed E-state index contributed by atoms with van der Waals surface area (Å²) in [7, 11) is -4.18. The van der Waals surface area contributed by atoms with Gasteiger partial charge in [0, 0.05) is 17.3 Å². The summed E-state index contributed by atoms with van der Waals surface area (Å²) in [5.41, 5.74) is -5.95. The van der Waals surface area contributed by atoms with E-state index in [-0.39, 0.29) is 33.5 Å². The molecule has 1 aliphatic carbocycles. The van der Waals surface area contributed by atoms with Crippen LogP contribution < -0.4 is 0 Å². The fourth-order valence-electron chi connectivity index (χ4n) is 4.95. The summed E-state index contributed by atoms with van der Waals surface area (Å²) < 4.78 is 129. The lowest BCUT2D eigenvalue weighted by molar-refractivity contribution is -0.392. The van der Waals surface area contributed by atoms with E-state index in [1.807, 2.05) is 0 Å². The molecule has 1 heterocycles. The lowest BCUT2D eigenvalue weighted by Crippen LogP contribution is -2.55. The second-order valence-corrected chi connectivity index (χ2v) is 12.2. The smallest absolute Gasteiger partial charge is 0.349 e. The number of hydrogen-bond donors (Lipinski definition) is 0. The molecule has 4 nitrogen and oxygen atoms in total. The number of sulfone groups is 1. The zero-order valence-corrected chi connectivity index (χ0v) is 22.4. The Kier molecular flexibility index (Phi) is 7.91. The topological polar surface area (TPSA) is 56.3 Å². The quantitative estimate of drug-likeness (QED) is 0.151. The van der Waals surface area contributed by atoms with Crippen molar-refractivity contribution < 1.29 is 43.9 Å². The molecule has 0 spiro atoms. The largest absolute Gasteiger partial charge is 0.430 e. The number of rotatable bonds is 7. The van der Waals surface area contributed by atoms with Crippen molar-refractivity contribution >= 4 is 25.8 Å². The van der Waals surface area contributed by atoms with Crippen molar-refractivity contribution in [3.63, 3.8) is 0 Å². The molecule has 0 radical (unpaired) electrons. The highest BCUT2D eigenvalue weighted by Crippen LogP contribution is 2.54. The van der Waals surface area contributed by atoms with E-state index in [9.17, 15) is 39.2 Å². The van der Waals surface area contributed by atoms with Crippen LogP contribution in [0.3, 0.4) is 0 Å². The molecule has 0 aliphatic heterocycles. The van der Waals surface area contributed by atoms with Crippen LogP contribution in [-0.2, 0) is 31.5 Å². The average Bonchev–Trinajstić information content (AvgIpc) is 3.36. The maximum absolute atomic E-state index is 14.3. The molecule has 1 aliphatic rings. The van der Waals surface area contributed by atoms with E-state index in [2.05, 4.69) is 25.7 Å². The second-order valence-electron chi connectivity index (χ2n) is 9.15. The van der Waals surface area contributed by atoms with Gasteiger partial charge in [0.05, 0.1) is 11.5 Å². The van der Waals surface area contributed by atoms with Crippen LogP contribution in [-0.4, -0.2) is 25.8 Å². The fourth-order valence-corrected chi connectivity index (χ4v) is 7.54. The van der Waals surface area contributed by atoms with Crippen LogP contribution in [0.2, 0.25) is 0 Å². The summed E-state index contributed by atoms with van der Waals surface area (Å²) >= 11 is 2.98. The summed E-state index contributed by atoms with van der Waals surface area (Å²) in [6.07, 6.45) is -9.41. The normalized spacial score (nSPS) is 16.4. The standard InChI is InChI=1S/C26H21BrF7NO3S/c27-22-17(4-3-15-35-22)16-38-24(25(29,30)31,26(32,33)34)19-7-5-18(6-8-19)23(13-1-2-14-23)39(36,37)21-11-9-20(28)10-12-21/h3-12,15H,1-2,13-14,16H2. The van der Waals surface area contributed by atoms with Crippen molar-refractivity contribution in [2.24, 2.45) is 0 Å². The number of benzene rings is 2. The first-order chi connectivity index (χ1) is 18.2. The predicted molar refractivity (Wildman–Crippen MR) is 131 cm³/mol. The van der Waals surface area contributed by atoms with E-state index in [0.717, 1.165) is 36.4 Å². The van der Waals surface area contributed by atoms with Crippen LogP contribution in [0.5, 0.6) is 0 Å². The molecule has 1 aromatic heterocycles. The van der Waals surface area contributed by atoms with Gasteiger partial charge in [-0.15, -0.1) is 0 Å². The first-order valence-corrected chi connectivity index (χ1v) is 13.9. The van der Waals surface area contributed by atoms with Crippen LogP contribution in [0, 0.1) is 5.82 Å². The third kappa shape index (κ3) is 5.08. The second kappa shape index (κ2) is 10.5. The molecule has 39 heavy (non-hydrogen) atoms. The van der Waals surface area contributed by atoms with Gasteiger partial charge in [-0.05, 0) is 64.7 Å². The number of pyridine rings is 1. The SMILES string of the molecule is O=S(=O)(c1ccc(F)cc1)C1(c2ccc(C(OCc3cccnc3Br)(C(F)(F)F)C(F)(F)F)cc2)CCCC1. The molecule has 0 bridgehead atoms. The van der Waals surface area contributed by atoms with Crippen molar-refractivity contribution in [3.05, 3.63) is 94.0 Å². The number of nitrogens with zero attached hydrogens (tertiary/aromatic N) is 1. The van der Waals surface area contributed by atoms with Gasteiger partial charge in [-0.1, -0.05) is 43.2 Å². The summed E-state index contributed by atoms with van der Waals surface area (Å²) in [4.78, 5) is 3.60. The first kappa shape index (κ1) is 29.5.